The van der Waals surface area contributed by atoms with Crippen molar-refractivity contribution >= 4 is 6.22 Å². The molecule has 1 aromatic carbocycles. The molecule has 0 heterocycles. The van der Waals surface area contributed by atoms with Crippen LogP contribution in [0.2, 0.25) is 0 Å². The third-order valence-corrected chi connectivity index (χ3v) is 7.36. The molecule has 0 aromatic heterocycles. The molecule has 0 radical (unpaired) electrons. The number of rotatable bonds is 2. The van der Waals surface area contributed by atoms with E-state index in [0.29, 0.717) is 5.92 Å². The van der Waals surface area contributed by atoms with E-state index in [-0.39, 0.29) is 24.8 Å². The van der Waals surface area contributed by atoms with Crippen LogP contribution in [-0.2, 0) is 29.0 Å². The summed E-state index contributed by atoms with van der Waals surface area (Å²) in [4.78, 5) is 0. The zero-order valence-corrected chi connectivity index (χ0v) is 26.5. The Morgan fingerprint density at radius 3 is 1.59 bits per heavy atom. The molecule has 3 aliphatic carbocycles. The van der Waals surface area contributed by atoms with E-state index >= 15 is 0 Å². The molecule has 0 aliphatic heterocycles. The Labute approximate surface area is 225 Å². The molecule has 172 valence electrons. The van der Waals surface area contributed by atoms with E-state index in [0.717, 1.165) is 19.1 Å². The summed E-state index contributed by atoms with van der Waals surface area (Å²) in [6.45, 7) is 12.6. The van der Waals surface area contributed by atoms with Gasteiger partial charge in [0.15, 0.2) is 0 Å². The molecule has 0 fully saturated rings. The second kappa shape index (κ2) is 19.8. The summed E-state index contributed by atoms with van der Waals surface area (Å²) in [7, 11) is 0. The van der Waals surface area contributed by atoms with Crippen molar-refractivity contribution in [2.45, 2.75) is 60.4 Å². The van der Waals surface area contributed by atoms with Gasteiger partial charge in [0.05, 0.1) is 0 Å². The van der Waals surface area contributed by atoms with Crippen LogP contribution in [0.5, 0.6) is 0 Å². The van der Waals surface area contributed by atoms with E-state index in [4.69, 9.17) is 0 Å². The molecular formula is C28H35Cl2HfSi-3. The van der Waals surface area contributed by atoms with Gasteiger partial charge in [0, 0.05) is 0 Å². The SMILES string of the molecule is CC1=CC(C)[C-]=C1.CC1=[C-]CC(C)=C1.CC1=[C-]CC(C)=C1.[Cl-].[Cl-].[Hf+2]=[SiH]Cc1ccccc1. The summed E-state index contributed by atoms with van der Waals surface area (Å²) in [5.74, 6) is 0.556. The predicted molar refractivity (Wildman–Crippen MR) is 130 cm³/mol. The Kier molecular flexibility index (Phi) is 20.7. The van der Waals surface area contributed by atoms with E-state index in [2.05, 4.69) is 108 Å². The fraction of sp³-hybridized carbons (Fsp3) is 0.357. The zero-order valence-electron chi connectivity index (χ0n) is 20.2. The van der Waals surface area contributed by atoms with Crippen LogP contribution in [-0.4, -0.2) is 6.22 Å². The summed E-state index contributed by atoms with van der Waals surface area (Å²) in [6, 6.07) is 12.1. The van der Waals surface area contributed by atoms with Crippen LogP contribution in [0.15, 0.2) is 82.5 Å². The third kappa shape index (κ3) is 16.9. The average Bonchev–Trinajstić information content (AvgIpc) is 3.40. The minimum atomic E-state index is 0. The van der Waals surface area contributed by atoms with Crippen molar-refractivity contribution < 1.29 is 47.8 Å². The van der Waals surface area contributed by atoms with Gasteiger partial charge in [0.2, 0.25) is 0 Å². The summed E-state index contributed by atoms with van der Waals surface area (Å²) in [6.07, 6.45) is 21.0. The topological polar surface area (TPSA) is 0 Å². The standard InChI is InChI=1S/C7H8Si.3C7H9.2ClH.Hf/c8-6-7-4-2-1-3-5-7;3*1-6-3-4-7(2)5-6;;;/h1-5,8H,6H2;2*5H,3H2,1-2H3;3,5,7H,1-2H3;2*1H;/q;3*-1;;;+2/p-2. The number of hydrogen-bond acceptors (Lipinski definition) is 0. The van der Waals surface area contributed by atoms with E-state index < -0.39 is 0 Å². The molecule has 0 saturated heterocycles. The first kappa shape index (κ1) is 33.5. The maximum atomic E-state index is 3.19. The first-order valence-corrected chi connectivity index (χ1v) is 18.2. The van der Waals surface area contributed by atoms with Gasteiger partial charge >= 0.3 is 71.2 Å². The monoisotopic (exact) mass is 649 g/mol. The molecule has 4 heteroatoms. The van der Waals surface area contributed by atoms with Gasteiger partial charge in [0.25, 0.3) is 0 Å². The molecule has 0 N–H and O–H groups in total. The summed E-state index contributed by atoms with van der Waals surface area (Å²) in [5, 5.41) is 0. The molecular weight excluding hydrogens is 614 g/mol. The van der Waals surface area contributed by atoms with E-state index in [1.807, 2.05) is 6.08 Å². The fourth-order valence-corrected chi connectivity index (χ4v) is 6.03. The Hall–Kier alpha value is -0.673. The Morgan fingerprint density at radius 2 is 1.38 bits per heavy atom. The molecule has 1 unspecified atom stereocenters. The van der Waals surface area contributed by atoms with E-state index in [1.54, 1.807) is 0 Å². The molecule has 4 rings (SSSR count). The van der Waals surface area contributed by atoms with Crippen molar-refractivity contribution in [2.24, 2.45) is 5.92 Å². The predicted octanol–water partition coefficient (Wildman–Crippen LogP) is 1.21. The maximum absolute atomic E-state index is 3.19. The Balaban J connectivity index is 0. The average molecular weight is 649 g/mol. The van der Waals surface area contributed by atoms with Crippen LogP contribution >= 0.6 is 0 Å². The van der Waals surface area contributed by atoms with Crippen LogP contribution in [0, 0.1) is 24.1 Å². The van der Waals surface area contributed by atoms with Crippen LogP contribution in [0.25, 0.3) is 0 Å². The first-order valence-electron chi connectivity index (χ1n) is 10.6. The van der Waals surface area contributed by atoms with Gasteiger partial charge in [0.1, 0.15) is 0 Å². The van der Waals surface area contributed by atoms with E-state index in [9.17, 15) is 0 Å². The molecule has 0 saturated carbocycles. The zero-order chi connectivity index (χ0) is 22.4. The molecule has 0 nitrogen and oxygen atoms in total. The second-order valence-electron chi connectivity index (χ2n) is 7.96. The van der Waals surface area contributed by atoms with Crippen LogP contribution in [0.1, 0.15) is 59.9 Å². The van der Waals surface area contributed by atoms with Crippen LogP contribution in [0.3, 0.4) is 0 Å². The molecule has 1 aromatic rings. The van der Waals surface area contributed by atoms with Gasteiger partial charge in [-0.1, -0.05) is 40.5 Å². The van der Waals surface area contributed by atoms with Crippen LogP contribution in [0.4, 0.5) is 0 Å². The van der Waals surface area contributed by atoms with Crippen LogP contribution < -0.4 is 24.8 Å². The van der Waals surface area contributed by atoms with Crippen molar-refractivity contribution in [1.29, 1.82) is 0 Å². The van der Waals surface area contributed by atoms with E-state index in [1.165, 1.54) is 62.5 Å². The fourth-order valence-electron chi connectivity index (χ4n) is 2.99. The van der Waals surface area contributed by atoms with Crippen molar-refractivity contribution in [3.63, 3.8) is 0 Å². The molecule has 1 atom stereocenters. The summed E-state index contributed by atoms with van der Waals surface area (Å²) >= 11 is 1.41. The molecule has 0 amide bonds. The van der Waals surface area contributed by atoms with Gasteiger partial charge < -0.3 is 24.8 Å². The first-order chi connectivity index (χ1) is 14.3. The Bertz CT molecular complexity index is 825. The molecule has 32 heavy (non-hydrogen) atoms. The van der Waals surface area contributed by atoms with Gasteiger partial charge in [-0.05, 0) is 0 Å². The quantitative estimate of drug-likeness (QED) is 0.335. The number of allylic oxidation sites excluding steroid dienone is 12. The molecule has 3 aliphatic rings. The summed E-state index contributed by atoms with van der Waals surface area (Å²) < 4.78 is 0. The van der Waals surface area contributed by atoms with Crippen molar-refractivity contribution in [1.82, 2.24) is 0 Å². The normalized spacial score (nSPS) is 17.1. The Morgan fingerprint density at radius 1 is 0.875 bits per heavy atom. The van der Waals surface area contributed by atoms with Gasteiger partial charge in [-0.3, -0.25) is 18.2 Å². The molecule has 0 spiro atoms. The van der Waals surface area contributed by atoms with Crippen molar-refractivity contribution in [3.8, 4) is 0 Å². The van der Waals surface area contributed by atoms with Gasteiger partial charge in [-0.25, -0.2) is 34.9 Å². The second-order valence-corrected chi connectivity index (χ2v) is 13.2. The van der Waals surface area contributed by atoms with Gasteiger partial charge in [-0.15, -0.1) is 19.8 Å². The summed E-state index contributed by atoms with van der Waals surface area (Å²) in [5.41, 5.74) is 8.29. The van der Waals surface area contributed by atoms with Crippen molar-refractivity contribution in [2.75, 3.05) is 0 Å². The van der Waals surface area contributed by atoms with Gasteiger partial charge in [-0.2, -0.15) is 17.2 Å². The molecule has 0 bridgehead atoms. The number of hydrogen-bond donors (Lipinski definition) is 0. The van der Waals surface area contributed by atoms with Crippen molar-refractivity contribution in [3.05, 3.63) is 106 Å². The minimum absolute atomic E-state index is 0. The third-order valence-electron chi connectivity index (χ3n) is 4.49. The number of halogens is 2. The number of benzene rings is 1.